The fourth-order valence-corrected chi connectivity index (χ4v) is 2.96. The molecule has 1 unspecified atom stereocenters. The van der Waals surface area contributed by atoms with Gasteiger partial charge in [-0.3, -0.25) is 4.79 Å². The number of para-hydroxylation sites is 1. The highest BCUT2D eigenvalue weighted by atomic mass is 32.1. The Hall–Kier alpha value is -2.01. The highest BCUT2D eigenvalue weighted by molar-refractivity contribution is 7.10. The third kappa shape index (κ3) is 2.36. The zero-order chi connectivity index (χ0) is 13.9. The second-order valence-corrected chi connectivity index (χ2v) is 5.59. The molecule has 1 aromatic carbocycles. The highest BCUT2D eigenvalue weighted by Gasteiger charge is 2.29. The van der Waals surface area contributed by atoms with Gasteiger partial charge in [0.05, 0.1) is 12.3 Å². The highest BCUT2D eigenvalue weighted by Crippen LogP contribution is 2.39. The number of ether oxygens (including phenoxy) is 1. The molecule has 1 aliphatic rings. The van der Waals surface area contributed by atoms with Crippen LogP contribution in [-0.2, 0) is 4.79 Å². The smallest absolute Gasteiger partial charge is 0.252 e. The second kappa shape index (κ2) is 5.54. The van der Waals surface area contributed by atoms with Gasteiger partial charge in [-0.1, -0.05) is 19.1 Å². The van der Waals surface area contributed by atoms with E-state index in [2.05, 4.69) is 17.6 Å². The first-order chi connectivity index (χ1) is 9.79. The minimum Gasteiger partial charge on any atom is -0.491 e. The summed E-state index contributed by atoms with van der Waals surface area (Å²) in [5.41, 5.74) is 1.63. The molecule has 0 bridgehead atoms. The van der Waals surface area contributed by atoms with Crippen LogP contribution in [0.25, 0.3) is 0 Å². The van der Waals surface area contributed by atoms with Crippen LogP contribution in [-0.4, -0.2) is 12.5 Å². The Balaban J connectivity index is 1.90. The summed E-state index contributed by atoms with van der Waals surface area (Å²) in [6.45, 7) is 2.69. The first kappa shape index (κ1) is 13.0. The molecule has 2 aromatic rings. The first-order valence-corrected chi connectivity index (χ1v) is 7.54. The van der Waals surface area contributed by atoms with Crippen LogP contribution < -0.4 is 15.4 Å². The summed E-state index contributed by atoms with van der Waals surface area (Å²) in [6, 6.07) is 9.34. The van der Waals surface area contributed by atoms with E-state index in [4.69, 9.17) is 4.74 Å². The molecule has 104 valence electrons. The number of hydrogen-bond donors (Lipinski definition) is 2. The van der Waals surface area contributed by atoms with Crippen molar-refractivity contribution in [3.8, 4) is 5.75 Å². The maximum absolute atomic E-state index is 12.3. The van der Waals surface area contributed by atoms with Gasteiger partial charge in [0.2, 0.25) is 0 Å². The molecule has 4 nitrogen and oxygen atoms in total. The van der Waals surface area contributed by atoms with Crippen LogP contribution in [0, 0.1) is 0 Å². The standard InChI is InChI=1S/C15H16N2O2S/c1-2-8-19-11-6-3-5-10-13(11)17-15(18)14(16-10)12-7-4-9-20-12/h3-7,9,14,16H,2,8H2,1H3,(H,17,18). The minimum absolute atomic E-state index is 0.0486. The third-order valence-corrected chi connectivity index (χ3v) is 4.06. The van der Waals surface area contributed by atoms with E-state index in [0.29, 0.717) is 6.61 Å². The van der Waals surface area contributed by atoms with Crippen LogP contribution in [0.15, 0.2) is 35.7 Å². The summed E-state index contributed by atoms with van der Waals surface area (Å²) < 4.78 is 5.68. The van der Waals surface area contributed by atoms with E-state index in [9.17, 15) is 4.79 Å². The number of benzene rings is 1. The van der Waals surface area contributed by atoms with Crippen LogP contribution in [0.1, 0.15) is 24.3 Å². The largest absolute Gasteiger partial charge is 0.491 e. The number of nitrogens with one attached hydrogen (secondary N) is 2. The summed E-state index contributed by atoms with van der Waals surface area (Å²) in [5, 5.41) is 8.21. The third-order valence-electron chi connectivity index (χ3n) is 3.13. The van der Waals surface area contributed by atoms with E-state index in [1.807, 2.05) is 35.7 Å². The predicted octanol–water partition coefficient (Wildman–Crippen LogP) is 3.64. The van der Waals surface area contributed by atoms with Crippen molar-refractivity contribution in [2.75, 3.05) is 17.2 Å². The van der Waals surface area contributed by atoms with Crippen LogP contribution in [0.4, 0.5) is 11.4 Å². The topological polar surface area (TPSA) is 50.4 Å². The number of fused-ring (bicyclic) bond motifs is 1. The molecule has 1 atom stereocenters. The van der Waals surface area contributed by atoms with Crippen molar-refractivity contribution < 1.29 is 9.53 Å². The van der Waals surface area contributed by atoms with Crippen LogP contribution in [0.5, 0.6) is 5.75 Å². The number of thiophene rings is 1. The number of carbonyl (C=O) groups is 1. The molecule has 1 amide bonds. The van der Waals surface area contributed by atoms with E-state index < -0.39 is 0 Å². The molecule has 0 saturated heterocycles. The SMILES string of the molecule is CCCOc1cccc2c1NC(=O)C(c1cccs1)N2. The number of anilines is 2. The van der Waals surface area contributed by atoms with Crippen molar-refractivity contribution in [3.05, 3.63) is 40.6 Å². The Morgan fingerprint density at radius 3 is 2.95 bits per heavy atom. The lowest BCUT2D eigenvalue weighted by molar-refractivity contribution is -0.117. The summed E-state index contributed by atoms with van der Waals surface area (Å²) >= 11 is 1.57. The maximum atomic E-state index is 12.3. The van der Waals surface area contributed by atoms with E-state index in [-0.39, 0.29) is 11.9 Å². The van der Waals surface area contributed by atoms with Gasteiger partial charge in [0.1, 0.15) is 17.5 Å². The fraction of sp³-hybridized carbons (Fsp3) is 0.267. The fourth-order valence-electron chi connectivity index (χ4n) is 2.18. The Morgan fingerprint density at radius 1 is 1.30 bits per heavy atom. The van der Waals surface area contributed by atoms with Gasteiger partial charge in [0, 0.05) is 4.88 Å². The predicted molar refractivity (Wildman–Crippen MR) is 81.5 cm³/mol. The lowest BCUT2D eigenvalue weighted by Gasteiger charge is -2.27. The Morgan fingerprint density at radius 2 is 2.20 bits per heavy atom. The van der Waals surface area contributed by atoms with Crippen LogP contribution in [0.3, 0.4) is 0 Å². The molecule has 1 aliphatic heterocycles. The lowest BCUT2D eigenvalue weighted by atomic mass is 10.1. The van der Waals surface area contributed by atoms with Crippen molar-refractivity contribution in [1.82, 2.24) is 0 Å². The number of carbonyl (C=O) groups excluding carboxylic acids is 1. The molecule has 2 N–H and O–H groups in total. The van der Waals surface area contributed by atoms with Crippen molar-refractivity contribution >= 4 is 28.6 Å². The van der Waals surface area contributed by atoms with Gasteiger partial charge in [-0.15, -0.1) is 11.3 Å². The van der Waals surface area contributed by atoms with E-state index in [1.165, 1.54) is 0 Å². The quantitative estimate of drug-likeness (QED) is 0.903. The normalized spacial score (nSPS) is 17.1. The van der Waals surface area contributed by atoms with E-state index in [0.717, 1.165) is 28.4 Å². The van der Waals surface area contributed by atoms with Gasteiger partial charge in [-0.2, -0.15) is 0 Å². The number of amides is 1. The van der Waals surface area contributed by atoms with Gasteiger partial charge in [-0.05, 0) is 30.0 Å². The Kier molecular flexibility index (Phi) is 3.60. The zero-order valence-electron chi connectivity index (χ0n) is 11.2. The lowest BCUT2D eigenvalue weighted by Crippen LogP contribution is -2.31. The Labute approximate surface area is 121 Å². The maximum Gasteiger partial charge on any atom is 0.252 e. The monoisotopic (exact) mass is 288 g/mol. The molecule has 0 fully saturated rings. The average molecular weight is 288 g/mol. The van der Waals surface area contributed by atoms with Crippen molar-refractivity contribution in [1.29, 1.82) is 0 Å². The molecule has 2 heterocycles. The molecule has 0 spiro atoms. The van der Waals surface area contributed by atoms with Gasteiger partial charge in [0.25, 0.3) is 5.91 Å². The molecule has 0 saturated carbocycles. The molecule has 1 aromatic heterocycles. The van der Waals surface area contributed by atoms with Gasteiger partial charge in [-0.25, -0.2) is 0 Å². The number of hydrogen-bond acceptors (Lipinski definition) is 4. The van der Waals surface area contributed by atoms with E-state index in [1.54, 1.807) is 11.3 Å². The number of rotatable bonds is 4. The van der Waals surface area contributed by atoms with Crippen molar-refractivity contribution in [2.45, 2.75) is 19.4 Å². The molecular formula is C15H16N2O2S. The van der Waals surface area contributed by atoms with Gasteiger partial charge in [0.15, 0.2) is 0 Å². The van der Waals surface area contributed by atoms with Gasteiger partial charge >= 0.3 is 0 Å². The molecule has 3 rings (SSSR count). The summed E-state index contributed by atoms with van der Waals surface area (Å²) in [7, 11) is 0. The molecule has 5 heteroatoms. The summed E-state index contributed by atoms with van der Waals surface area (Å²) in [5.74, 6) is 0.669. The summed E-state index contributed by atoms with van der Waals surface area (Å²) in [4.78, 5) is 13.3. The average Bonchev–Trinajstić information content (AvgIpc) is 2.98. The van der Waals surface area contributed by atoms with Gasteiger partial charge < -0.3 is 15.4 Å². The summed E-state index contributed by atoms with van der Waals surface area (Å²) in [6.07, 6.45) is 0.933. The van der Waals surface area contributed by atoms with E-state index >= 15 is 0 Å². The minimum atomic E-state index is -0.330. The second-order valence-electron chi connectivity index (χ2n) is 4.61. The van der Waals surface area contributed by atoms with Crippen LogP contribution in [0.2, 0.25) is 0 Å². The van der Waals surface area contributed by atoms with Crippen molar-refractivity contribution in [2.24, 2.45) is 0 Å². The first-order valence-electron chi connectivity index (χ1n) is 6.66. The molecular weight excluding hydrogens is 272 g/mol. The Bertz CT molecular complexity index is 610. The van der Waals surface area contributed by atoms with Crippen LogP contribution >= 0.6 is 11.3 Å². The zero-order valence-corrected chi connectivity index (χ0v) is 12.0. The molecule has 0 radical (unpaired) electrons. The molecule has 0 aliphatic carbocycles. The van der Waals surface area contributed by atoms with Crippen molar-refractivity contribution in [3.63, 3.8) is 0 Å². The molecule has 20 heavy (non-hydrogen) atoms.